The number of nitrogens with zero attached hydrogens (tertiary/aromatic N) is 2. The summed E-state index contributed by atoms with van der Waals surface area (Å²) in [4.78, 5) is 27.3. The Morgan fingerprint density at radius 2 is 1.76 bits per heavy atom. The standard InChI is InChI=1S/C25H29N3O5S/c29-24-15-21(17-28(24)22-7-6-19-2-1-3-20(19)14-22)25(30)26-16-18-4-8-23(9-5-18)34(31,32)27-10-12-33-13-11-27/h4-9,14,21H,1-3,10-13,15-17H2,(H,26,30). The number of nitrogens with one attached hydrogen (secondary N) is 1. The van der Waals surface area contributed by atoms with Crippen molar-refractivity contribution in [3.05, 3.63) is 59.2 Å². The normalized spacial score (nSPS) is 21.0. The highest BCUT2D eigenvalue weighted by Crippen LogP contribution is 2.30. The van der Waals surface area contributed by atoms with Gasteiger partial charge in [0.15, 0.2) is 0 Å². The lowest BCUT2D eigenvalue weighted by Gasteiger charge is -2.26. The van der Waals surface area contributed by atoms with Gasteiger partial charge in [-0.15, -0.1) is 0 Å². The van der Waals surface area contributed by atoms with E-state index in [1.165, 1.54) is 15.4 Å². The molecule has 3 aliphatic rings. The molecule has 1 N–H and O–H groups in total. The number of sulfonamides is 1. The molecular weight excluding hydrogens is 454 g/mol. The van der Waals surface area contributed by atoms with Gasteiger partial charge in [-0.1, -0.05) is 18.2 Å². The van der Waals surface area contributed by atoms with Gasteiger partial charge in [-0.2, -0.15) is 4.31 Å². The first-order valence-corrected chi connectivity index (χ1v) is 13.2. The Morgan fingerprint density at radius 1 is 1.03 bits per heavy atom. The van der Waals surface area contributed by atoms with Crippen LogP contribution in [-0.2, 0) is 43.7 Å². The Hall–Kier alpha value is -2.75. The fourth-order valence-electron chi connectivity index (χ4n) is 4.91. The van der Waals surface area contributed by atoms with E-state index in [4.69, 9.17) is 4.74 Å². The molecule has 5 rings (SSSR count). The summed E-state index contributed by atoms with van der Waals surface area (Å²) < 4.78 is 32.1. The molecule has 34 heavy (non-hydrogen) atoms. The summed E-state index contributed by atoms with van der Waals surface area (Å²) >= 11 is 0. The van der Waals surface area contributed by atoms with Gasteiger partial charge in [0, 0.05) is 38.3 Å². The Labute approximate surface area is 199 Å². The molecule has 2 aliphatic heterocycles. The molecule has 2 aromatic carbocycles. The van der Waals surface area contributed by atoms with Crippen LogP contribution in [0.4, 0.5) is 5.69 Å². The second-order valence-corrected chi connectivity index (χ2v) is 11.0. The third-order valence-electron chi connectivity index (χ3n) is 6.89. The molecule has 2 saturated heterocycles. The van der Waals surface area contributed by atoms with E-state index in [0.717, 1.165) is 30.5 Å². The van der Waals surface area contributed by atoms with Gasteiger partial charge >= 0.3 is 0 Å². The van der Waals surface area contributed by atoms with Gasteiger partial charge in [0.25, 0.3) is 0 Å². The molecule has 8 nitrogen and oxygen atoms in total. The highest BCUT2D eigenvalue weighted by atomic mass is 32.2. The molecule has 1 atom stereocenters. The van der Waals surface area contributed by atoms with E-state index in [2.05, 4.69) is 17.4 Å². The van der Waals surface area contributed by atoms with Crippen molar-refractivity contribution in [3.8, 4) is 0 Å². The van der Waals surface area contributed by atoms with Crippen molar-refractivity contribution in [2.24, 2.45) is 5.92 Å². The molecule has 0 radical (unpaired) electrons. The van der Waals surface area contributed by atoms with Crippen molar-refractivity contribution < 1.29 is 22.7 Å². The maximum atomic E-state index is 12.8. The van der Waals surface area contributed by atoms with Crippen LogP contribution in [-0.4, -0.2) is 57.4 Å². The number of carbonyl (C=O) groups is 2. The number of hydrogen-bond acceptors (Lipinski definition) is 5. The zero-order valence-corrected chi connectivity index (χ0v) is 19.9. The van der Waals surface area contributed by atoms with E-state index >= 15 is 0 Å². The Balaban J connectivity index is 1.17. The third-order valence-corrected chi connectivity index (χ3v) is 8.80. The summed E-state index contributed by atoms with van der Waals surface area (Å²) in [5, 5.41) is 2.90. The summed E-state index contributed by atoms with van der Waals surface area (Å²) in [7, 11) is -3.54. The maximum Gasteiger partial charge on any atom is 0.243 e. The van der Waals surface area contributed by atoms with Crippen molar-refractivity contribution in [1.29, 1.82) is 0 Å². The minimum Gasteiger partial charge on any atom is -0.379 e. The SMILES string of the molecule is O=C(NCc1ccc(S(=O)(=O)N2CCOCC2)cc1)C1CC(=O)N(c2ccc3c(c2)CCC3)C1. The van der Waals surface area contributed by atoms with Crippen molar-refractivity contribution >= 4 is 27.5 Å². The van der Waals surface area contributed by atoms with Gasteiger partial charge in [-0.05, 0) is 60.2 Å². The molecule has 0 bridgehead atoms. The van der Waals surface area contributed by atoms with Crippen LogP contribution < -0.4 is 10.2 Å². The number of ether oxygens (including phenoxy) is 1. The van der Waals surface area contributed by atoms with Crippen molar-refractivity contribution in [2.45, 2.75) is 37.1 Å². The topological polar surface area (TPSA) is 96.0 Å². The number of aryl methyl sites for hydroxylation is 2. The van der Waals surface area contributed by atoms with Crippen LogP contribution in [0.25, 0.3) is 0 Å². The average Bonchev–Trinajstić information content (AvgIpc) is 3.49. The van der Waals surface area contributed by atoms with Crippen LogP contribution in [0.15, 0.2) is 47.4 Å². The van der Waals surface area contributed by atoms with Crippen LogP contribution >= 0.6 is 0 Å². The fourth-order valence-corrected chi connectivity index (χ4v) is 6.32. The largest absolute Gasteiger partial charge is 0.379 e. The number of amides is 2. The van der Waals surface area contributed by atoms with E-state index in [0.29, 0.717) is 32.8 Å². The maximum absolute atomic E-state index is 12.8. The molecule has 2 aromatic rings. The van der Waals surface area contributed by atoms with Gasteiger partial charge in [-0.25, -0.2) is 8.42 Å². The molecule has 2 fully saturated rings. The first-order chi connectivity index (χ1) is 16.4. The third kappa shape index (κ3) is 4.60. The number of benzene rings is 2. The molecule has 1 unspecified atom stereocenters. The first-order valence-electron chi connectivity index (χ1n) is 11.8. The number of fused-ring (bicyclic) bond motifs is 1. The summed E-state index contributed by atoms with van der Waals surface area (Å²) in [6.45, 7) is 2.15. The Morgan fingerprint density at radius 3 is 2.53 bits per heavy atom. The molecule has 0 spiro atoms. The zero-order valence-electron chi connectivity index (χ0n) is 19.0. The van der Waals surface area contributed by atoms with E-state index in [1.807, 2.05) is 6.07 Å². The van der Waals surface area contributed by atoms with Crippen LogP contribution in [0.2, 0.25) is 0 Å². The van der Waals surface area contributed by atoms with E-state index < -0.39 is 15.9 Å². The molecular formula is C25H29N3O5S. The average molecular weight is 484 g/mol. The molecule has 2 amide bonds. The first kappa shape index (κ1) is 23.0. The number of anilines is 1. The summed E-state index contributed by atoms with van der Waals surface area (Å²) in [5.74, 6) is -0.598. The predicted molar refractivity (Wildman–Crippen MR) is 127 cm³/mol. The van der Waals surface area contributed by atoms with E-state index in [-0.39, 0.29) is 29.7 Å². The molecule has 2 heterocycles. The van der Waals surface area contributed by atoms with Gasteiger partial charge in [0.1, 0.15) is 0 Å². The van der Waals surface area contributed by atoms with Gasteiger partial charge < -0.3 is 15.0 Å². The Kier molecular flexibility index (Phi) is 6.42. The molecule has 0 saturated carbocycles. The summed E-state index contributed by atoms with van der Waals surface area (Å²) in [6, 6.07) is 12.7. The molecule has 0 aromatic heterocycles. The molecule has 180 valence electrons. The molecule has 9 heteroatoms. The Bertz CT molecular complexity index is 1190. The minimum absolute atomic E-state index is 0.0317. The number of carbonyl (C=O) groups excluding carboxylic acids is 2. The van der Waals surface area contributed by atoms with Gasteiger partial charge in [0.05, 0.1) is 24.0 Å². The summed E-state index contributed by atoms with van der Waals surface area (Å²) in [6.07, 6.45) is 3.48. The van der Waals surface area contributed by atoms with Crippen LogP contribution in [0.3, 0.4) is 0 Å². The molecule has 1 aliphatic carbocycles. The van der Waals surface area contributed by atoms with Crippen molar-refractivity contribution in [3.63, 3.8) is 0 Å². The van der Waals surface area contributed by atoms with E-state index in [9.17, 15) is 18.0 Å². The highest BCUT2D eigenvalue weighted by molar-refractivity contribution is 7.89. The monoisotopic (exact) mass is 483 g/mol. The van der Waals surface area contributed by atoms with Crippen LogP contribution in [0, 0.1) is 5.92 Å². The number of morpholine rings is 1. The number of rotatable bonds is 6. The van der Waals surface area contributed by atoms with Crippen molar-refractivity contribution in [2.75, 3.05) is 37.7 Å². The lowest BCUT2D eigenvalue weighted by atomic mass is 10.1. The second kappa shape index (κ2) is 9.48. The lowest BCUT2D eigenvalue weighted by molar-refractivity contribution is -0.126. The zero-order chi connectivity index (χ0) is 23.7. The predicted octanol–water partition coefficient (Wildman–Crippen LogP) is 1.87. The fraction of sp³-hybridized carbons (Fsp3) is 0.440. The second-order valence-electron chi connectivity index (χ2n) is 9.09. The van der Waals surface area contributed by atoms with Crippen LogP contribution in [0.1, 0.15) is 29.5 Å². The van der Waals surface area contributed by atoms with Gasteiger partial charge in [-0.3, -0.25) is 9.59 Å². The van der Waals surface area contributed by atoms with E-state index in [1.54, 1.807) is 29.2 Å². The highest BCUT2D eigenvalue weighted by Gasteiger charge is 2.35. The minimum atomic E-state index is -3.54. The quantitative estimate of drug-likeness (QED) is 0.677. The number of hydrogen-bond donors (Lipinski definition) is 1. The van der Waals surface area contributed by atoms with Crippen LogP contribution in [0.5, 0.6) is 0 Å². The summed E-state index contributed by atoms with van der Waals surface area (Å²) in [5.41, 5.74) is 4.33. The lowest BCUT2D eigenvalue weighted by Crippen LogP contribution is -2.40. The smallest absolute Gasteiger partial charge is 0.243 e. The van der Waals surface area contributed by atoms with Crippen molar-refractivity contribution in [1.82, 2.24) is 9.62 Å². The van der Waals surface area contributed by atoms with Gasteiger partial charge in [0.2, 0.25) is 21.8 Å².